The average Bonchev–Trinajstić information content (AvgIpc) is 3.47. The van der Waals surface area contributed by atoms with Crippen LogP contribution in [0.3, 0.4) is 0 Å². The number of furan rings is 1. The minimum Gasteiger partial charge on any atom is -0.486 e. The van der Waals surface area contributed by atoms with Crippen molar-refractivity contribution < 1.29 is 23.4 Å². The predicted octanol–water partition coefficient (Wildman–Crippen LogP) is 3.55. The summed E-state index contributed by atoms with van der Waals surface area (Å²) in [6.45, 7) is 3.39. The first-order valence-corrected chi connectivity index (χ1v) is 9.97. The summed E-state index contributed by atoms with van der Waals surface area (Å²) in [5.41, 5.74) is 1.19. The number of hydrogen-bond donors (Lipinski definition) is 0. The van der Waals surface area contributed by atoms with Crippen LogP contribution < -0.4 is 19.1 Å². The van der Waals surface area contributed by atoms with Gasteiger partial charge in [-0.15, -0.1) is 0 Å². The van der Waals surface area contributed by atoms with Crippen LogP contribution in [0.15, 0.2) is 65.1 Å². The van der Waals surface area contributed by atoms with Crippen molar-refractivity contribution in [2.45, 2.75) is 6.61 Å². The number of piperazine rings is 1. The molecule has 7 nitrogen and oxygen atoms in total. The second-order valence-corrected chi connectivity index (χ2v) is 7.18. The van der Waals surface area contributed by atoms with Gasteiger partial charge < -0.3 is 28.4 Å². The van der Waals surface area contributed by atoms with Crippen LogP contribution in [0.25, 0.3) is 0 Å². The number of fused-ring (bicyclic) bond motifs is 1. The number of nitrogens with zero attached hydrogens (tertiary/aromatic N) is 2. The minimum absolute atomic E-state index is 0.0861. The Morgan fingerprint density at radius 1 is 0.900 bits per heavy atom. The van der Waals surface area contributed by atoms with Crippen molar-refractivity contribution in [1.29, 1.82) is 0 Å². The molecule has 5 rings (SSSR count). The van der Waals surface area contributed by atoms with E-state index in [2.05, 4.69) is 17.0 Å². The number of hydrogen-bond acceptors (Lipinski definition) is 6. The number of carbonyl (C=O) groups excluding carboxylic acids is 1. The van der Waals surface area contributed by atoms with Crippen molar-refractivity contribution in [2.75, 3.05) is 37.9 Å². The molecule has 30 heavy (non-hydrogen) atoms. The van der Waals surface area contributed by atoms with Gasteiger partial charge in [0.15, 0.2) is 17.3 Å². The van der Waals surface area contributed by atoms with E-state index in [1.165, 1.54) is 5.69 Å². The van der Waals surface area contributed by atoms with E-state index in [1.807, 2.05) is 35.2 Å². The maximum absolute atomic E-state index is 12.8. The summed E-state index contributed by atoms with van der Waals surface area (Å²) in [6, 6.07) is 19.2. The number of carbonyl (C=O) groups is 1. The van der Waals surface area contributed by atoms with Crippen molar-refractivity contribution in [2.24, 2.45) is 0 Å². The molecule has 0 radical (unpaired) electrons. The highest BCUT2D eigenvalue weighted by molar-refractivity contribution is 5.91. The van der Waals surface area contributed by atoms with E-state index < -0.39 is 0 Å². The first-order chi connectivity index (χ1) is 14.8. The molecule has 0 atom stereocenters. The average molecular weight is 406 g/mol. The summed E-state index contributed by atoms with van der Waals surface area (Å²) in [6.07, 6.45) is 0. The Bertz CT molecular complexity index is 1030. The van der Waals surface area contributed by atoms with Gasteiger partial charge in [-0.3, -0.25) is 4.79 Å². The number of ether oxygens (including phenoxy) is 3. The molecule has 0 saturated carbocycles. The minimum atomic E-state index is -0.0861. The topological polar surface area (TPSA) is 64.4 Å². The molecule has 3 heterocycles. The highest BCUT2D eigenvalue weighted by atomic mass is 16.7. The van der Waals surface area contributed by atoms with Crippen LogP contribution in [0.2, 0.25) is 0 Å². The maximum Gasteiger partial charge on any atom is 0.289 e. The van der Waals surface area contributed by atoms with Crippen LogP contribution in [0.5, 0.6) is 17.2 Å². The number of para-hydroxylation sites is 1. The Hall–Kier alpha value is -3.61. The summed E-state index contributed by atoms with van der Waals surface area (Å²) >= 11 is 0. The van der Waals surface area contributed by atoms with Crippen molar-refractivity contribution in [3.63, 3.8) is 0 Å². The first kappa shape index (κ1) is 18.4. The lowest BCUT2D eigenvalue weighted by molar-refractivity contribution is 0.0710. The SMILES string of the molecule is O=C(c1ccc(COc2ccc3c(c2)OCO3)o1)N1CCN(c2ccccc2)CC1. The maximum atomic E-state index is 12.8. The second-order valence-electron chi connectivity index (χ2n) is 7.18. The van der Waals surface area contributed by atoms with E-state index in [4.69, 9.17) is 18.6 Å². The molecule has 0 aliphatic carbocycles. The van der Waals surface area contributed by atoms with Crippen LogP contribution in [0.1, 0.15) is 16.3 Å². The first-order valence-electron chi connectivity index (χ1n) is 9.97. The summed E-state index contributed by atoms with van der Waals surface area (Å²) < 4.78 is 22.1. The van der Waals surface area contributed by atoms with Gasteiger partial charge in [-0.25, -0.2) is 0 Å². The van der Waals surface area contributed by atoms with Crippen LogP contribution in [-0.2, 0) is 6.61 Å². The summed E-state index contributed by atoms with van der Waals surface area (Å²) in [5.74, 6) is 2.88. The van der Waals surface area contributed by atoms with Gasteiger partial charge >= 0.3 is 0 Å². The lowest BCUT2D eigenvalue weighted by Crippen LogP contribution is -2.48. The molecule has 1 saturated heterocycles. The summed E-state index contributed by atoms with van der Waals surface area (Å²) in [5, 5.41) is 0. The van der Waals surface area contributed by atoms with E-state index in [0.717, 1.165) is 13.1 Å². The fraction of sp³-hybridized carbons (Fsp3) is 0.261. The molecule has 0 unspecified atom stereocenters. The fourth-order valence-electron chi connectivity index (χ4n) is 3.65. The van der Waals surface area contributed by atoms with Crippen LogP contribution >= 0.6 is 0 Å². The number of anilines is 1. The van der Waals surface area contributed by atoms with Crippen LogP contribution in [0, 0.1) is 0 Å². The monoisotopic (exact) mass is 406 g/mol. The zero-order valence-corrected chi connectivity index (χ0v) is 16.5. The normalized spacial score (nSPS) is 15.3. The lowest BCUT2D eigenvalue weighted by Gasteiger charge is -2.35. The quantitative estimate of drug-likeness (QED) is 0.646. The number of benzene rings is 2. The molecule has 154 valence electrons. The Morgan fingerprint density at radius 2 is 1.70 bits per heavy atom. The van der Waals surface area contributed by atoms with E-state index in [1.54, 1.807) is 18.2 Å². The Morgan fingerprint density at radius 3 is 2.53 bits per heavy atom. The zero-order chi connectivity index (χ0) is 20.3. The molecule has 0 spiro atoms. The number of rotatable bonds is 5. The highest BCUT2D eigenvalue weighted by Crippen LogP contribution is 2.35. The van der Waals surface area contributed by atoms with Crippen molar-refractivity contribution >= 4 is 11.6 Å². The van der Waals surface area contributed by atoms with E-state index >= 15 is 0 Å². The molecule has 0 N–H and O–H groups in total. The Kier molecular flexibility index (Phi) is 4.93. The summed E-state index contributed by atoms with van der Waals surface area (Å²) in [4.78, 5) is 16.9. The van der Waals surface area contributed by atoms with Gasteiger partial charge in [0, 0.05) is 37.9 Å². The van der Waals surface area contributed by atoms with E-state index in [0.29, 0.717) is 41.9 Å². The molecule has 2 aromatic carbocycles. The Labute approximate surface area is 174 Å². The Balaban J connectivity index is 1.16. The zero-order valence-electron chi connectivity index (χ0n) is 16.5. The van der Waals surface area contributed by atoms with Crippen molar-refractivity contribution in [3.8, 4) is 17.2 Å². The van der Waals surface area contributed by atoms with Gasteiger partial charge in [0.25, 0.3) is 5.91 Å². The smallest absolute Gasteiger partial charge is 0.289 e. The standard InChI is InChI=1S/C23H22N2O5/c26-23(25-12-10-24(11-13-25)17-4-2-1-3-5-17)21-9-7-19(30-21)15-27-18-6-8-20-22(14-18)29-16-28-20/h1-9,14H,10-13,15-16H2. The van der Waals surface area contributed by atoms with Gasteiger partial charge in [-0.2, -0.15) is 0 Å². The molecular formula is C23H22N2O5. The van der Waals surface area contributed by atoms with E-state index in [9.17, 15) is 4.79 Å². The summed E-state index contributed by atoms with van der Waals surface area (Å²) in [7, 11) is 0. The second kappa shape index (κ2) is 8.02. The van der Waals surface area contributed by atoms with Crippen molar-refractivity contribution in [3.05, 3.63) is 72.2 Å². The lowest BCUT2D eigenvalue weighted by atomic mass is 10.2. The van der Waals surface area contributed by atoms with Gasteiger partial charge in [0.2, 0.25) is 6.79 Å². The van der Waals surface area contributed by atoms with Gasteiger partial charge in [-0.05, 0) is 36.4 Å². The van der Waals surface area contributed by atoms with Crippen LogP contribution in [-0.4, -0.2) is 43.8 Å². The molecule has 1 fully saturated rings. The molecule has 3 aromatic rings. The third kappa shape index (κ3) is 3.78. The third-order valence-electron chi connectivity index (χ3n) is 5.29. The molecule has 0 bridgehead atoms. The third-order valence-corrected chi connectivity index (χ3v) is 5.29. The molecule has 1 amide bonds. The van der Waals surface area contributed by atoms with Crippen molar-refractivity contribution in [1.82, 2.24) is 4.90 Å². The van der Waals surface area contributed by atoms with Gasteiger partial charge in [-0.1, -0.05) is 18.2 Å². The molecule has 1 aromatic heterocycles. The fourth-order valence-corrected chi connectivity index (χ4v) is 3.65. The predicted molar refractivity (Wildman–Crippen MR) is 110 cm³/mol. The van der Waals surface area contributed by atoms with Gasteiger partial charge in [0.1, 0.15) is 18.1 Å². The van der Waals surface area contributed by atoms with E-state index in [-0.39, 0.29) is 19.3 Å². The molecule has 7 heteroatoms. The molecule has 2 aliphatic rings. The largest absolute Gasteiger partial charge is 0.486 e. The molecule has 2 aliphatic heterocycles. The molecular weight excluding hydrogens is 384 g/mol. The number of amides is 1. The van der Waals surface area contributed by atoms with Gasteiger partial charge in [0.05, 0.1) is 0 Å². The van der Waals surface area contributed by atoms with Crippen LogP contribution in [0.4, 0.5) is 5.69 Å². The highest BCUT2D eigenvalue weighted by Gasteiger charge is 2.24.